The third-order valence-corrected chi connectivity index (χ3v) is 5.15. The van der Waals surface area contributed by atoms with Crippen molar-refractivity contribution in [2.75, 3.05) is 0 Å². The Morgan fingerprint density at radius 1 is 0.967 bits per heavy atom. The first-order chi connectivity index (χ1) is 14.4. The molecule has 1 heterocycles. The number of hydrogen-bond donors (Lipinski definition) is 0. The Kier molecular flexibility index (Phi) is 5.32. The van der Waals surface area contributed by atoms with E-state index in [1.54, 1.807) is 30.3 Å². The summed E-state index contributed by atoms with van der Waals surface area (Å²) in [5, 5.41) is 0.744. The van der Waals surface area contributed by atoms with Gasteiger partial charge < -0.3 is 4.74 Å². The lowest BCUT2D eigenvalue weighted by atomic mass is 10.00. The van der Waals surface area contributed by atoms with Crippen LogP contribution in [-0.2, 0) is 6.42 Å². The molecule has 0 unspecified atom stereocenters. The highest BCUT2D eigenvalue weighted by Gasteiger charge is 2.18. The molecule has 0 aliphatic carbocycles. The van der Waals surface area contributed by atoms with E-state index in [0.717, 1.165) is 34.0 Å². The molecule has 4 aromatic rings. The molecular weight excluding hydrogens is 377 g/mol. The number of fused-ring (bicyclic) bond motifs is 1. The lowest BCUT2D eigenvalue weighted by Crippen LogP contribution is -2.10. The lowest BCUT2D eigenvalue weighted by Gasteiger charge is -2.12. The van der Waals surface area contributed by atoms with Crippen LogP contribution < -0.4 is 4.74 Å². The zero-order valence-corrected chi connectivity index (χ0v) is 17.2. The predicted octanol–water partition coefficient (Wildman–Crippen LogP) is 6.44. The number of pyridine rings is 1. The highest BCUT2D eigenvalue weighted by atomic mass is 19.1. The van der Waals surface area contributed by atoms with Gasteiger partial charge in [-0.1, -0.05) is 30.7 Å². The van der Waals surface area contributed by atoms with Crippen molar-refractivity contribution in [2.45, 2.75) is 27.2 Å². The molecule has 3 nitrogen and oxygen atoms in total. The monoisotopic (exact) mass is 399 g/mol. The van der Waals surface area contributed by atoms with Crippen molar-refractivity contribution in [3.05, 3.63) is 94.8 Å². The van der Waals surface area contributed by atoms with Crippen LogP contribution in [0.5, 0.6) is 5.75 Å². The minimum atomic E-state index is -0.444. The van der Waals surface area contributed by atoms with E-state index in [2.05, 4.69) is 6.92 Å². The van der Waals surface area contributed by atoms with Crippen LogP contribution in [0.4, 0.5) is 4.39 Å². The number of halogens is 1. The van der Waals surface area contributed by atoms with Crippen LogP contribution >= 0.6 is 0 Å². The molecule has 0 radical (unpaired) electrons. The molecule has 150 valence electrons. The van der Waals surface area contributed by atoms with Crippen molar-refractivity contribution in [2.24, 2.45) is 0 Å². The molecule has 0 bridgehead atoms. The molecule has 4 rings (SSSR count). The van der Waals surface area contributed by atoms with Crippen molar-refractivity contribution < 1.29 is 13.9 Å². The summed E-state index contributed by atoms with van der Waals surface area (Å²) in [6.45, 7) is 6.03. The maximum Gasteiger partial charge on any atom is 0.344 e. The first-order valence-corrected chi connectivity index (χ1v) is 9.93. The predicted molar refractivity (Wildman–Crippen MR) is 117 cm³/mol. The molecular formula is C26H22FNO2. The summed E-state index contributed by atoms with van der Waals surface area (Å²) in [7, 11) is 0. The molecule has 0 aliphatic rings. The smallest absolute Gasteiger partial charge is 0.344 e. The van der Waals surface area contributed by atoms with Crippen molar-refractivity contribution in [1.29, 1.82) is 0 Å². The van der Waals surface area contributed by atoms with E-state index in [-0.39, 0.29) is 5.82 Å². The second-order valence-corrected chi connectivity index (χ2v) is 7.43. The maximum absolute atomic E-state index is 13.4. The van der Waals surface area contributed by atoms with Gasteiger partial charge in [0.15, 0.2) is 0 Å². The summed E-state index contributed by atoms with van der Waals surface area (Å²) in [5.41, 5.74) is 5.69. The van der Waals surface area contributed by atoms with Gasteiger partial charge >= 0.3 is 5.97 Å². The molecule has 4 heteroatoms. The first kappa shape index (κ1) is 19.8. The molecule has 0 N–H and O–H groups in total. The van der Waals surface area contributed by atoms with E-state index in [1.807, 2.05) is 38.1 Å². The van der Waals surface area contributed by atoms with Crippen molar-refractivity contribution in [3.63, 3.8) is 0 Å². The topological polar surface area (TPSA) is 39.2 Å². The van der Waals surface area contributed by atoms with Gasteiger partial charge in [-0.05, 0) is 79.9 Å². The third-order valence-electron chi connectivity index (χ3n) is 5.15. The van der Waals surface area contributed by atoms with Crippen LogP contribution in [0, 0.1) is 19.7 Å². The molecule has 0 spiro atoms. The number of nitrogens with zero attached hydrogens (tertiary/aromatic N) is 1. The van der Waals surface area contributed by atoms with E-state index in [1.165, 1.54) is 17.7 Å². The molecule has 0 saturated carbocycles. The van der Waals surface area contributed by atoms with Gasteiger partial charge in [0.1, 0.15) is 11.6 Å². The van der Waals surface area contributed by atoms with Gasteiger partial charge in [0.05, 0.1) is 16.8 Å². The van der Waals surface area contributed by atoms with Crippen molar-refractivity contribution in [1.82, 2.24) is 4.98 Å². The standard InChI is InChI=1S/C26H22FNO2/c1-4-18-5-11-21(12-6-18)30-26(29)23-15-24(19-7-9-20(27)10-8-19)28-25-17(3)13-16(2)14-22(23)25/h5-15H,4H2,1-3H3. The van der Waals surface area contributed by atoms with E-state index in [0.29, 0.717) is 17.0 Å². The van der Waals surface area contributed by atoms with Crippen LogP contribution in [0.2, 0.25) is 0 Å². The number of carbonyl (C=O) groups excluding carboxylic acids is 1. The Balaban J connectivity index is 1.83. The van der Waals surface area contributed by atoms with E-state index < -0.39 is 5.97 Å². The van der Waals surface area contributed by atoms with Crippen LogP contribution in [0.15, 0.2) is 66.7 Å². The van der Waals surface area contributed by atoms with Crippen LogP contribution in [0.1, 0.15) is 34.0 Å². The van der Waals surface area contributed by atoms with Gasteiger partial charge in [0.25, 0.3) is 0 Å². The molecule has 3 aromatic carbocycles. The lowest BCUT2D eigenvalue weighted by molar-refractivity contribution is 0.0737. The number of aryl methyl sites for hydroxylation is 3. The van der Waals surface area contributed by atoms with Gasteiger partial charge in [0.2, 0.25) is 0 Å². The molecule has 0 saturated heterocycles. The zero-order chi connectivity index (χ0) is 21.3. The molecule has 30 heavy (non-hydrogen) atoms. The average molecular weight is 399 g/mol. The zero-order valence-electron chi connectivity index (χ0n) is 17.2. The Morgan fingerprint density at radius 2 is 1.67 bits per heavy atom. The highest BCUT2D eigenvalue weighted by molar-refractivity contribution is 6.06. The third kappa shape index (κ3) is 3.94. The Labute approximate surface area is 175 Å². The number of esters is 1. The normalized spacial score (nSPS) is 10.9. The van der Waals surface area contributed by atoms with Gasteiger partial charge in [-0.2, -0.15) is 0 Å². The molecule has 0 amide bonds. The van der Waals surface area contributed by atoms with Gasteiger partial charge in [-0.3, -0.25) is 0 Å². The largest absolute Gasteiger partial charge is 0.423 e. The van der Waals surface area contributed by atoms with Gasteiger partial charge in [-0.25, -0.2) is 14.2 Å². The fourth-order valence-electron chi connectivity index (χ4n) is 3.57. The summed E-state index contributed by atoms with van der Waals surface area (Å²) < 4.78 is 19.0. The number of rotatable bonds is 4. The molecule has 0 atom stereocenters. The number of hydrogen-bond acceptors (Lipinski definition) is 3. The number of benzene rings is 3. The fourth-order valence-corrected chi connectivity index (χ4v) is 3.57. The summed E-state index contributed by atoms with van der Waals surface area (Å²) in [6, 6.07) is 19.3. The molecule has 1 aromatic heterocycles. The van der Waals surface area contributed by atoms with Crippen molar-refractivity contribution in [3.8, 4) is 17.0 Å². The fraction of sp³-hybridized carbons (Fsp3) is 0.154. The second kappa shape index (κ2) is 8.07. The number of ether oxygens (including phenoxy) is 1. The minimum absolute atomic E-state index is 0.318. The maximum atomic E-state index is 13.4. The van der Waals surface area contributed by atoms with E-state index >= 15 is 0 Å². The SMILES string of the molecule is CCc1ccc(OC(=O)c2cc(-c3ccc(F)cc3)nc3c(C)cc(C)cc23)cc1. The Bertz CT molecular complexity index is 1230. The van der Waals surface area contributed by atoms with Gasteiger partial charge in [-0.15, -0.1) is 0 Å². The van der Waals surface area contributed by atoms with E-state index in [4.69, 9.17) is 9.72 Å². The van der Waals surface area contributed by atoms with Gasteiger partial charge in [0, 0.05) is 10.9 Å². The number of aromatic nitrogens is 1. The molecule has 0 aliphatic heterocycles. The Hall–Kier alpha value is -3.53. The summed E-state index contributed by atoms with van der Waals surface area (Å²) in [6.07, 6.45) is 0.919. The van der Waals surface area contributed by atoms with E-state index in [9.17, 15) is 9.18 Å². The van der Waals surface area contributed by atoms with Crippen LogP contribution in [-0.4, -0.2) is 11.0 Å². The average Bonchev–Trinajstić information content (AvgIpc) is 2.74. The summed E-state index contributed by atoms with van der Waals surface area (Å²) in [4.78, 5) is 17.9. The first-order valence-electron chi connectivity index (χ1n) is 9.93. The molecule has 0 fully saturated rings. The second-order valence-electron chi connectivity index (χ2n) is 7.43. The minimum Gasteiger partial charge on any atom is -0.423 e. The van der Waals surface area contributed by atoms with Crippen LogP contribution in [0.25, 0.3) is 22.2 Å². The number of carbonyl (C=O) groups is 1. The Morgan fingerprint density at radius 3 is 2.33 bits per heavy atom. The quantitative estimate of drug-likeness (QED) is 0.293. The van der Waals surface area contributed by atoms with Crippen LogP contribution in [0.3, 0.4) is 0 Å². The summed E-state index contributed by atoms with van der Waals surface area (Å²) >= 11 is 0. The highest BCUT2D eigenvalue weighted by Crippen LogP contribution is 2.29. The summed E-state index contributed by atoms with van der Waals surface area (Å²) in [5.74, 6) is -0.267. The van der Waals surface area contributed by atoms with Crippen molar-refractivity contribution >= 4 is 16.9 Å².